The van der Waals surface area contributed by atoms with Gasteiger partial charge in [-0.3, -0.25) is 0 Å². The SMILES string of the molecule is [Se].c1ccc2c(c1)sc1ccccc12.c1ccsc1. The molecule has 0 saturated carbocycles. The van der Waals surface area contributed by atoms with Crippen molar-refractivity contribution in [3.05, 3.63) is 71.4 Å². The zero-order valence-corrected chi connectivity index (χ0v) is 13.5. The van der Waals surface area contributed by atoms with Gasteiger partial charge in [0.05, 0.1) is 0 Å². The van der Waals surface area contributed by atoms with Gasteiger partial charge in [-0.25, -0.2) is 0 Å². The predicted octanol–water partition coefficient (Wildman–Crippen LogP) is 5.42. The maximum Gasteiger partial charge on any atom is 0.0355 e. The Morgan fingerprint density at radius 3 is 1.47 bits per heavy atom. The first-order valence-electron chi connectivity index (χ1n) is 5.78. The minimum absolute atomic E-state index is 0. The van der Waals surface area contributed by atoms with E-state index < -0.39 is 0 Å². The van der Waals surface area contributed by atoms with E-state index in [1.807, 2.05) is 34.2 Å². The van der Waals surface area contributed by atoms with Gasteiger partial charge in [0.1, 0.15) is 0 Å². The van der Waals surface area contributed by atoms with Crippen LogP contribution in [-0.4, -0.2) is 17.1 Å². The summed E-state index contributed by atoms with van der Waals surface area (Å²) in [6.07, 6.45) is 0. The van der Waals surface area contributed by atoms with Gasteiger partial charge < -0.3 is 0 Å². The van der Waals surface area contributed by atoms with Gasteiger partial charge in [-0.15, -0.1) is 11.3 Å². The minimum Gasteiger partial charge on any atom is -0.152 e. The van der Waals surface area contributed by atoms with Crippen molar-refractivity contribution < 1.29 is 0 Å². The van der Waals surface area contributed by atoms with Crippen LogP contribution in [0.4, 0.5) is 0 Å². The molecule has 4 rings (SSSR count). The molecule has 2 radical (unpaired) electrons. The molecule has 0 atom stereocenters. The van der Waals surface area contributed by atoms with Crippen LogP contribution in [0.1, 0.15) is 0 Å². The van der Waals surface area contributed by atoms with Crippen molar-refractivity contribution in [3.8, 4) is 0 Å². The normalized spacial score (nSPS) is 9.68. The summed E-state index contributed by atoms with van der Waals surface area (Å²) in [6, 6.07) is 21.2. The molecule has 0 fully saturated rings. The average molecular weight is 347 g/mol. The molecule has 0 aliphatic rings. The van der Waals surface area contributed by atoms with Crippen LogP contribution in [0.5, 0.6) is 0 Å². The predicted molar refractivity (Wildman–Crippen MR) is 89.4 cm³/mol. The summed E-state index contributed by atoms with van der Waals surface area (Å²) in [5.74, 6) is 0. The van der Waals surface area contributed by atoms with E-state index in [4.69, 9.17) is 0 Å². The molecule has 94 valence electrons. The second-order valence-corrected chi connectivity index (χ2v) is 5.79. The maximum absolute atomic E-state index is 2.19. The molecule has 0 bridgehead atoms. The average Bonchev–Trinajstić information content (AvgIpc) is 3.10. The van der Waals surface area contributed by atoms with Crippen LogP contribution < -0.4 is 0 Å². The van der Waals surface area contributed by atoms with Crippen molar-refractivity contribution in [1.29, 1.82) is 0 Å². The van der Waals surface area contributed by atoms with Crippen molar-refractivity contribution in [1.82, 2.24) is 0 Å². The standard InChI is InChI=1S/C12H8S.C4H4S.Se/c1-3-7-11-9(5-1)10-6-2-4-8-12(10)13-11;1-2-4-5-3-1;/h1-8H;1-4H;. The molecule has 2 heterocycles. The minimum atomic E-state index is 0. The molecule has 0 spiro atoms. The Labute approximate surface area is 131 Å². The Hall–Kier alpha value is -1.12. The van der Waals surface area contributed by atoms with Crippen molar-refractivity contribution in [2.45, 2.75) is 0 Å². The van der Waals surface area contributed by atoms with Gasteiger partial charge in [-0.05, 0) is 22.9 Å². The Balaban J connectivity index is 0.000000190. The van der Waals surface area contributed by atoms with Crippen LogP contribution in [0, 0.1) is 0 Å². The van der Waals surface area contributed by atoms with E-state index in [0.29, 0.717) is 0 Å². The molecule has 2 aromatic heterocycles. The number of thiophene rings is 2. The van der Waals surface area contributed by atoms with Crippen LogP contribution in [0.25, 0.3) is 20.2 Å². The van der Waals surface area contributed by atoms with E-state index in [1.54, 1.807) is 11.3 Å². The van der Waals surface area contributed by atoms with Gasteiger partial charge in [0.2, 0.25) is 0 Å². The zero-order chi connectivity index (χ0) is 12.2. The first-order valence-corrected chi connectivity index (χ1v) is 7.54. The summed E-state index contributed by atoms with van der Waals surface area (Å²) < 4.78 is 2.76. The molecule has 0 N–H and O–H groups in total. The van der Waals surface area contributed by atoms with Crippen molar-refractivity contribution in [3.63, 3.8) is 0 Å². The van der Waals surface area contributed by atoms with E-state index in [0.717, 1.165) is 0 Å². The third-order valence-electron chi connectivity index (χ3n) is 2.71. The fourth-order valence-electron chi connectivity index (χ4n) is 1.90. The van der Waals surface area contributed by atoms with Crippen LogP contribution in [0.3, 0.4) is 0 Å². The van der Waals surface area contributed by atoms with Gasteiger partial charge in [0, 0.05) is 37.2 Å². The molecule has 19 heavy (non-hydrogen) atoms. The fraction of sp³-hybridized carbons (Fsp3) is 0. The molecule has 0 amide bonds. The molecular weight excluding hydrogens is 335 g/mol. The number of hydrogen-bond donors (Lipinski definition) is 0. The summed E-state index contributed by atoms with van der Waals surface area (Å²) in [5.41, 5.74) is 0. The first-order chi connectivity index (χ1) is 8.95. The Kier molecular flexibility index (Phi) is 5.17. The van der Waals surface area contributed by atoms with E-state index in [1.165, 1.54) is 20.2 Å². The van der Waals surface area contributed by atoms with E-state index in [2.05, 4.69) is 48.5 Å². The molecule has 2 aromatic carbocycles. The summed E-state index contributed by atoms with van der Waals surface area (Å²) in [7, 11) is 0. The van der Waals surface area contributed by atoms with E-state index >= 15 is 0 Å². The van der Waals surface area contributed by atoms with Crippen molar-refractivity contribution in [2.75, 3.05) is 0 Å². The molecule has 0 unspecified atom stereocenters. The molecule has 4 aromatic rings. The Morgan fingerprint density at radius 1 is 0.579 bits per heavy atom. The summed E-state index contributed by atoms with van der Waals surface area (Å²) in [4.78, 5) is 0. The molecular formula is C16H12S2Se. The fourth-order valence-corrected chi connectivity index (χ4v) is 3.46. The second-order valence-electron chi connectivity index (χ2n) is 3.89. The van der Waals surface area contributed by atoms with Crippen LogP contribution in [0.15, 0.2) is 71.4 Å². The molecule has 0 nitrogen and oxygen atoms in total. The van der Waals surface area contributed by atoms with Crippen molar-refractivity contribution in [2.24, 2.45) is 0 Å². The van der Waals surface area contributed by atoms with Gasteiger partial charge in [0.15, 0.2) is 0 Å². The topological polar surface area (TPSA) is 0 Å². The zero-order valence-electron chi connectivity index (χ0n) is 10.2. The summed E-state index contributed by atoms with van der Waals surface area (Å²) in [5, 5.41) is 6.84. The van der Waals surface area contributed by atoms with E-state index in [-0.39, 0.29) is 17.1 Å². The molecule has 0 saturated heterocycles. The molecule has 0 aliphatic heterocycles. The maximum atomic E-state index is 2.19. The van der Waals surface area contributed by atoms with Crippen molar-refractivity contribution >= 4 is 59.9 Å². The van der Waals surface area contributed by atoms with E-state index in [9.17, 15) is 0 Å². The number of hydrogen-bond acceptors (Lipinski definition) is 2. The Morgan fingerprint density at radius 2 is 1.05 bits per heavy atom. The van der Waals surface area contributed by atoms with Gasteiger partial charge in [-0.1, -0.05) is 48.5 Å². The summed E-state index contributed by atoms with van der Waals surface area (Å²) >= 11 is 3.57. The summed E-state index contributed by atoms with van der Waals surface area (Å²) in [6.45, 7) is 0. The third kappa shape index (κ3) is 3.26. The smallest absolute Gasteiger partial charge is 0.0355 e. The van der Waals surface area contributed by atoms with Gasteiger partial charge >= 0.3 is 0 Å². The van der Waals surface area contributed by atoms with Gasteiger partial charge in [0.25, 0.3) is 0 Å². The van der Waals surface area contributed by atoms with Crippen LogP contribution in [0.2, 0.25) is 0 Å². The second kappa shape index (κ2) is 6.88. The monoisotopic (exact) mass is 348 g/mol. The van der Waals surface area contributed by atoms with Gasteiger partial charge in [-0.2, -0.15) is 11.3 Å². The largest absolute Gasteiger partial charge is 0.152 e. The quantitative estimate of drug-likeness (QED) is 0.373. The first kappa shape index (κ1) is 14.3. The molecule has 0 aliphatic carbocycles. The molecule has 3 heteroatoms. The van der Waals surface area contributed by atoms with Crippen LogP contribution in [-0.2, 0) is 0 Å². The van der Waals surface area contributed by atoms with Crippen LogP contribution >= 0.6 is 22.7 Å². The third-order valence-corrected chi connectivity index (χ3v) is 4.49. The Bertz CT molecular complexity index is 674. The number of rotatable bonds is 0. The number of fused-ring (bicyclic) bond motifs is 3. The number of benzene rings is 2.